The topological polar surface area (TPSA) is 93.4 Å². The fraction of sp³-hybridized carbons (Fsp3) is 0.429. The van der Waals surface area contributed by atoms with Crippen LogP contribution in [-0.2, 0) is 23.9 Å². The highest BCUT2D eigenvalue weighted by Gasteiger charge is 2.49. The molecule has 0 bridgehead atoms. The van der Waals surface area contributed by atoms with Gasteiger partial charge in [0.2, 0.25) is 11.8 Å². The maximum absolute atomic E-state index is 13.2. The number of methoxy groups -OCH3 is 1. The van der Waals surface area contributed by atoms with Gasteiger partial charge in [0.25, 0.3) is 0 Å². The van der Waals surface area contributed by atoms with E-state index < -0.39 is 24.1 Å². The van der Waals surface area contributed by atoms with Gasteiger partial charge in [-0.3, -0.25) is 4.79 Å². The molecule has 8 nitrogen and oxygen atoms in total. The van der Waals surface area contributed by atoms with E-state index in [1.807, 2.05) is 0 Å². The first kappa shape index (κ1) is 23.2. The number of hydrogen-bond donors (Lipinski definition) is 1. The van der Waals surface area contributed by atoms with Gasteiger partial charge >= 0.3 is 6.18 Å². The summed E-state index contributed by atoms with van der Waals surface area (Å²) >= 11 is 6.42. The van der Waals surface area contributed by atoms with E-state index >= 15 is 0 Å². The average Bonchev–Trinajstić information content (AvgIpc) is 3.13. The van der Waals surface area contributed by atoms with Crippen LogP contribution in [-0.4, -0.2) is 62.3 Å². The van der Waals surface area contributed by atoms with Gasteiger partial charge in [-0.25, -0.2) is 9.67 Å². The molecule has 0 spiro atoms. The van der Waals surface area contributed by atoms with Crippen molar-refractivity contribution >= 4 is 28.4 Å². The number of aromatic nitrogens is 4. The third-order valence-corrected chi connectivity index (χ3v) is 6.44. The summed E-state index contributed by atoms with van der Waals surface area (Å²) < 4.78 is 46.0. The zero-order valence-corrected chi connectivity index (χ0v) is 18.8. The van der Waals surface area contributed by atoms with Gasteiger partial charge in [0.05, 0.1) is 36.0 Å². The van der Waals surface area contributed by atoms with Crippen molar-refractivity contribution in [3.05, 3.63) is 46.2 Å². The Hall–Kier alpha value is -2.92. The number of amides is 1. The molecule has 1 N–H and O–H groups in total. The molecule has 1 aliphatic heterocycles. The zero-order chi connectivity index (χ0) is 24.1. The number of aryl methyl sites for hydroxylation is 1. The predicted octanol–water partition coefficient (Wildman–Crippen LogP) is 2.84. The summed E-state index contributed by atoms with van der Waals surface area (Å²) in [7, 11) is 2.85. The monoisotopic (exact) mass is 483 g/mol. The van der Waals surface area contributed by atoms with E-state index in [1.165, 1.54) is 31.0 Å². The molecule has 33 heavy (non-hydrogen) atoms. The Labute approximate surface area is 191 Å². The third kappa shape index (κ3) is 3.99. The average molecular weight is 484 g/mol. The van der Waals surface area contributed by atoms with Crippen LogP contribution in [0.25, 0.3) is 10.9 Å². The van der Waals surface area contributed by atoms with E-state index in [1.54, 1.807) is 24.1 Å². The van der Waals surface area contributed by atoms with Gasteiger partial charge in [0.1, 0.15) is 5.60 Å². The molecule has 0 saturated carbocycles. The first-order valence-electron chi connectivity index (χ1n) is 10.0. The largest absolute Gasteiger partial charge is 0.481 e. The number of ether oxygens (including phenoxy) is 1. The van der Waals surface area contributed by atoms with Crippen molar-refractivity contribution in [3.63, 3.8) is 0 Å². The van der Waals surface area contributed by atoms with Crippen molar-refractivity contribution in [1.29, 1.82) is 0 Å². The van der Waals surface area contributed by atoms with Crippen LogP contribution in [0.4, 0.5) is 13.2 Å². The molecule has 12 heteroatoms. The number of rotatable bonds is 5. The summed E-state index contributed by atoms with van der Waals surface area (Å²) in [5, 5.41) is 19.8. The lowest BCUT2D eigenvalue weighted by molar-refractivity contribution is -0.143. The van der Waals surface area contributed by atoms with E-state index in [4.69, 9.17) is 16.3 Å². The number of carbonyl (C=O) groups excluding carboxylic acids is 1. The van der Waals surface area contributed by atoms with Gasteiger partial charge < -0.3 is 14.7 Å². The van der Waals surface area contributed by atoms with Crippen LogP contribution in [0.15, 0.2) is 24.4 Å². The SMILES string of the molecule is COc1nc2ccc([C@@](O)(c3cnnn3C)C3CN(C(C)=O)C3)cc2c(Cl)c1CC(F)(F)F. The number of fused-ring (bicyclic) bond motifs is 1. The van der Waals surface area contributed by atoms with Crippen molar-refractivity contribution in [1.82, 2.24) is 24.9 Å². The quantitative estimate of drug-likeness (QED) is 0.600. The molecule has 1 saturated heterocycles. The molecule has 1 fully saturated rings. The number of hydrogen-bond acceptors (Lipinski definition) is 6. The normalized spacial score (nSPS) is 16.5. The van der Waals surface area contributed by atoms with E-state index in [-0.39, 0.29) is 27.8 Å². The summed E-state index contributed by atoms with van der Waals surface area (Å²) in [6.07, 6.45) is -4.41. The lowest BCUT2D eigenvalue weighted by Gasteiger charge is -2.47. The highest BCUT2D eigenvalue weighted by atomic mass is 35.5. The second-order valence-corrected chi connectivity index (χ2v) is 8.45. The second kappa shape index (κ2) is 8.14. The highest BCUT2D eigenvalue weighted by molar-refractivity contribution is 6.36. The Morgan fingerprint density at radius 1 is 1.33 bits per heavy atom. The van der Waals surface area contributed by atoms with E-state index in [2.05, 4.69) is 15.3 Å². The number of halogens is 4. The van der Waals surface area contributed by atoms with Gasteiger partial charge in [0, 0.05) is 43.9 Å². The van der Waals surface area contributed by atoms with E-state index in [0.29, 0.717) is 29.9 Å². The number of benzene rings is 1. The van der Waals surface area contributed by atoms with E-state index in [0.717, 1.165) is 0 Å². The van der Waals surface area contributed by atoms with Crippen LogP contribution >= 0.6 is 11.6 Å². The van der Waals surface area contributed by atoms with Crippen LogP contribution < -0.4 is 4.74 Å². The molecule has 0 radical (unpaired) electrons. The maximum Gasteiger partial charge on any atom is 0.393 e. The molecule has 176 valence electrons. The summed E-state index contributed by atoms with van der Waals surface area (Å²) in [4.78, 5) is 17.5. The molecule has 1 aliphatic rings. The Kier molecular flexibility index (Phi) is 5.73. The molecule has 0 aliphatic carbocycles. The highest BCUT2D eigenvalue weighted by Crippen LogP contribution is 2.43. The molecule has 4 rings (SSSR count). The number of aliphatic hydroxyl groups is 1. The van der Waals surface area contributed by atoms with Gasteiger partial charge in [0.15, 0.2) is 0 Å². The van der Waals surface area contributed by atoms with Gasteiger partial charge in [-0.05, 0) is 17.7 Å². The number of pyridine rings is 1. The summed E-state index contributed by atoms with van der Waals surface area (Å²) in [5.74, 6) is -0.721. The molecule has 3 aromatic rings. The Balaban J connectivity index is 1.88. The van der Waals surface area contributed by atoms with Gasteiger partial charge in [-0.2, -0.15) is 13.2 Å². The number of likely N-dealkylation sites (tertiary alicyclic amines) is 1. The maximum atomic E-state index is 13.2. The molecule has 2 aromatic heterocycles. The van der Waals surface area contributed by atoms with Crippen molar-refractivity contribution in [2.45, 2.75) is 25.1 Å². The Morgan fingerprint density at radius 3 is 2.58 bits per heavy atom. The van der Waals surface area contributed by atoms with Crippen molar-refractivity contribution < 1.29 is 27.8 Å². The van der Waals surface area contributed by atoms with E-state index in [9.17, 15) is 23.1 Å². The van der Waals surface area contributed by atoms with Crippen LogP contribution in [0, 0.1) is 5.92 Å². The molecule has 0 unspecified atom stereocenters. The first-order chi connectivity index (χ1) is 15.5. The fourth-order valence-corrected chi connectivity index (χ4v) is 4.53. The van der Waals surface area contributed by atoms with Crippen LogP contribution in [0.1, 0.15) is 23.7 Å². The minimum Gasteiger partial charge on any atom is -0.481 e. The minimum absolute atomic E-state index is 0.119. The third-order valence-electron chi connectivity index (χ3n) is 6.01. The lowest BCUT2D eigenvalue weighted by Crippen LogP contribution is -2.58. The molecule has 3 heterocycles. The van der Waals surface area contributed by atoms with Crippen LogP contribution in [0.2, 0.25) is 5.02 Å². The summed E-state index contributed by atoms with van der Waals surface area (Å²) in [6, 6.07) is 4.71. The van der Waals surface area contributed by atoms with Crippen molar-refractivity contribution in [2.75, 3.05) is 20.2 Å². The van der Waals surface area contributed by atoms with Crippen molar-refractivity contribution in [2.24, 2.45) is 13.0 Å². The smallest absolute Gasteiger partial charge is 0.393 e. The van der Waals surface area contributed by atoms with Gasteiger partial charge in [-0.1, -0.05) is 22.9 Å². The number of nitrogens with zero attached hydrogens (tertiary/aromatic N) is 5. The summed E-state index contributed by atoms with van der Waals surface area (Å²) in [5.41, 5.74) is -0.834. The van der Waals surface area contributed by atoms with Crippen molar-refractivity contribution in [3.8, 4) is 5.88 Å². The molecular formula is C21H21ClF3N5O3. The fourth-order valence-electron chi connectivity index (χ4n) is 4.23. The molecule has 1 atom stereocenters. The first-order valence-corrected chi connectivity index (χ1v) is 10.4. The number of alkyl halides is 3. The standard InChI is InChI=1S/C21H21ClF3N5O3/c1-11(31)30-9-13(10-30)21(32,17-8-26-28-29(17)2)12-4-5-16-14(6-12)18(22)15(7-20(23,24)25)19(27-16)33-3/h4-6,8,13,32H,7,9-10H2,1-3H3/t21-/m0/s1. The minimum atomic E-state index is -4.52. The number of carbonyl (C=O) groups is 1. The molecule has 1 amide bonds. The second-order valence-electron chi connectivity index (χ2n) is 8.07. The van der Waals surface area contributed by atoms with Crippen LogP contribution in [0.5, 0.6) is 5.88 Å². The Bertz CT molecular complexity index is 1230. The summed E-state index contributed by atoms with van der Waals surface area (Å²) in [6.45, 7) is 2.03. The lowest BCUT2D eigenvalue weighted by atomic mass is 9.74. The molecular weight excluding hydrogens is 463 g/mol. The van der Waals surface area contributed by atoms with Crippen LogP contribution in [0.3, 0.4) is 0 Å². The van der Waals surface area contributed by atoms with Gasteiger partial charge in [-0.15, -0.1) is 5.10 Å². The Morgan fingerprint density at radius 2 is 2.03 bits per heavy atom. The predicted molar refractivity (Wildman–Crippen MR) is 113 cm³/mol. The zero-order valence-electron chi connectivity index (χ0n) is 18.0. The molecule has 1 aromatic carbocycles.